The molecule has 3 fully saturated rings. The van der Waals surface area contributed by atoms with Gasteiger partial charge in [0.2, 0.25) is 11.8 Å². The van der Waals surface area contributed by atoms with Crippen molar-refractivity contribution < 1.29 is 14.3 Å². The Hall–Kier alpha value is -2.48. The molecule has 2 amide bonds. The average Bonchev–Trinajstić information content (AvgIpc) is 3.47. The largest absolute Gasteiger partial charge is 0.489 e. The Labute approximate surface area is 207 Å². The second kappa shape index (κ2) is 8.63. The molecule has 1 aromatic carbocycles. The van der Waals surface area contributed by atoms with Crippen molar-refractivity contribution in [2.24, 2.45) is 0 Å². The Kier molecular flexibility index (Phi) is 5.59. The quantitative estimate of drug-likeness (QED) is 0.490. The summed E-state index contributed by atoms with van der Waals surface area (Å²) in [4.78, 5) is 31.1. The molecule has 0 spiro atoms. The van der Waals surface area contributed by atoms with Crippen molar-refractivity contribution in [2.45, 2.75) is 70.2 Å². The maximum Gasteiger partial charge on any atom is 0.230 e. The van der Waals surface area contributed by atoms with Crippen LogP contribution in [0.2, 0.25) is 5.02 Å². The van der Waals surface area contributed by atoms with Crippen molar-refractivity contribution in [1.82, 2.24) is 15.2 Å². The molecule has 3 aliphatic heterocycles. The highest BCUT2D eigenvalue weighted by Gasteiger charge is 2.35. The summed E-state index contributed by atoms with van der Waals surface area (Å²) in [6, 6.07) is 9.00. The lowest BCUT2D eigenvalue weighted by molar-refractivity contribution is -0.138. The van der Waals surface area contributed by atoms with Crippen molar-refractivity contribution in [3.8, 4) is 16.9 Å². The average molecular weight is 496 g/mol. The summed E-state index contributed by atoms with van der Waals surface area (Å²) in [6.45, 7) is 2.34. The van der Waals surface area contributed by atoms with E-state index in [9.17, 15) is 9.59 Å². The Morgan fingerprint density at radius 1 is 1.12 bits per heavy atom. The van der Waals surface area contributed by atoms with Gasteiger partial charge in [0.05, 0.1) is 16.8 Å². The third-order valence-electron chi connectivity index (χ3n) is 7.18. The number of ether oxygens (including phenoxy) is 1. The predicted molar refractivity (Wildman–Crippen MR) is 133 cm³/mol. The van der Waals surface area contributed by atoms with E-state index in [1.54, 1.807) is 17.5 Å². The minimum atomic E-state index is -0.104. The van der Waals surface area contributed by atoms with E-state index in [2.05, 4.69) is 10.3 Å². The van der Waals surface area contributed by atoms with Gasteiger partial charge in [-0.25, -0.2) is 0 Å². The standard InChI is InChI=1S/C26H26ClN3O3S/c1-14-8-15(27)9-21(25(14)33-18-10-16-2-3-17(11-18)29-16)20-6-7-28-22-12-19(34-26(20)22)13-30-23(31)4-5-24(30)32/h6-9,12,16-18,29H,2-5,10-11,13H2,1H3/t16-,17+,18?. The van der Waals surface area contributed by atoms with Gasteiger partial charge in [0, 0.05) is 52.1 Å². The first-order chi connectivity index (χ1) is 16.4. The van der Waals surface area contributed by atoms with Crippen LogP contribution in [0.5, 0.6) is 5.75 Å². The third kappa shape index (κ3) is 4.00. The van der Waals surface area contributed by atoms with Gasteiger partial charge < -0.3 is 10.1 Å². The fourth-order valence-electron chi connectivity index (χ4n) is 5.59. The number of likely N-dealkylation sites (tertiary alicyclic amines) is 1. The fourth-order valence-corrected chi connectivity index (χ4v) is 6.99. The lowest BCUT2D eigenvalue weighted by atomic mass is 10.00. The van der Waals surface area contributed by atoms with E-state index in [0.717, 1.165) is 50.4 Å². The van der Waals surface area contributed by atoms with Gasteiger partial charge in [0.15, 0.2) is 0 Å². The van der Waals surface area contributed by atoms with Crippen LogP contribution in [0.3, 0.4) is 0 Å². The minimum Gasteiger partial charge on any atom is -0.489 e. The minimum absolute atomic E-state index is 0.104. The van der Waals surface area contributed by atoms with Crippen molar-refractivity contribution in [3.63, 3.8) is 0 Å². The second-order valence-electron chi connectivity index (χ2n) is 9.61. The molecule has 176 valence electrons. The number of carbonyl (C=O) groups excluding carboxylic acids is 2. The summed E-state index contributed by atoms with van der Waals surface area (Å²) in [6.07, 6.45) is 7.06. The number of amides is 2. The Bertz CT molecular complexity index is 1280. The number of aryl methyl sites for hydroxylation is 1. The Morgan fingerprint density at radius 2 is 1.85 bits per heavy atom. The van der Waals surface area contributed by atoms with Gasteiger partial charge >= 0.3 is 0 Å². The number of imide groups is 1. The Morgan fingerprint density at radius 3 is 2.59 bits per heavy atom. The molecule has 1 N–H and O–H groups in total. The smallest absolute Gasteiger partial charge is 0.230 e. The van der Waals surface area contributed by atoms with Crippen molar-refractivity contribution in [1.29, 1.82) is 0 Å². The van der Waals surface area contributed by atoms with Crippen molar-refractivity contribution in [3.05, 3.63) is 45.9 Å². The lowest BCUT2D eigenvalue weighted by Crippen LogP contribution is -2.42. The lowest BCUT2D eigenvalue weighted by Gasteiger charge is -2.31. The molecule has 3 aliphatic rings. The number of hydrogen-bond donors (Lipinski definition) is 1. The third-order valence-corrected chi connectivity index (χ3v) is 8.54. The molecule has 6 nitrogen and oxygen atoms in total. The monoisotopic (exact) mass is 495 g/mol. The molecule has 2 bridgehead atoms. The van der Waals surface area contributed by atoms with Crippen LogP contribution in [-0.2, 0) is 16.1 Å². The number of thiophene rings is 1. The number of aromatic nitrogens is 1. The van der Waals surface area contributed by atoms with Gasteiger partial charge in [-0.2, -0.15) is 0 Å². The van der Waals surface area contributed by atoms with E-state index in [-0.39, 0.29) is 17.9 Å². The molecule has 8 heteroatoms. The van der Waals surface area contributed by atoms with Crippen LogP contribution in [0.15, 0.2) is 30.5 Å². The maximum absolute atomic E-state index is 12.1. The summed E-state index contributed by atoms with van der Waals surface area (Å²) in [7, 11) is 0. The van der Waals surface area contributed by atoms with Gasteiger partial charge in [-0.15, -0.1) is 11.3 Å². The first-order valence-corrected chi connectivity index (χ1v) is 13.1. The molecule has 3 atom stereocenters. The van der Waals surface area contributed by atoms with E-state index in [0.29, 0.717) is 36.5 Å². The van der Waals surface area contributed by atoms with Crippen molar-refractivity contribution >= 4 is 45.0 Å². The van der Waals surface area contributed by atoms with Gasteiger partial charge in [0.25, 0.3) is 0 Å². The molecular weight excluding hydrogens is 470 g/mol. The van der Waals surface area contributed by atoms with Crippen LogP contribution < -0.4 is 10.1 Å². The number of nitrogens with zero attached hydrogens (tertiary/aromatic N) is 2. The zero-order valence-corrected chi connectivity index (χ0v) is 20.5. The molecule has 6 rings (SSSR count). The topological polar surface area (TPSA) is 71.5 Å². The molecule has 5 heterocycles. The van der Waals surface area contributed by atoms with E-state index in [1.165, 1.54) is 17.7 Å². The number of benzene rings is 1. The zero-order valence-electron chi connectivity index (χ0n) is 19.0. The molecular formula is C26H26ClN3O3S. The fraction of sp³-hybridized carbons (Fsp3) is 0.423. The molecule has 0 saturated carbocycles. The number of hydrogen-bond acceptors (Lipinski definition) is 6. The SMILES string of the molecule is Cc1cc(Cl)cc(-c2ccnc3cc(CN4C(=O)CCC4=O)sc23)c1OC1C[C@H]2CC[C@@H](C1)N2. The Balaban J connectivity index is 1.37. The molecule has 0 radical (unpaired) electrons. The number of rotatable bonds is 5. The number of carbonyl (C=O) groups is 2. The summed E-state index contributed by atoms with van der Waals surface area (Å²) >= 11 is 8.08. The number of nitrogens with one attached hydrogen (secondary N) is 1. The first-order valence-electron chi connectivity index (χ1n) is 11.9. The van der Waals surface area contributed by atoms with Gasteiger partial charge in [-0.3, -0.25) is 19.5 Å². The summed E-state index contributed by atoms with van der Waals surface area (Å²) in [5.41, 5.74) is 3.84. The van der Waals surface area contributed by atoms with Crippen LogP contribution in [0.25, 0.3) is 21.3 Å². The number of halogens is 1. The van der Waals surface area contributed by atoms with Crippen LogP contribution in [0.4, 0.5) is 0 Å². The van der Waals surface area contributed by atoms with E-state index in [1.807, 2.05) is 31.2 Å². The maximum atomic E-state index is 12.1. The molecule has 1 unspecified atom stereocenters. The van der Waals surface area contributed by atoms with E-state index >= 15 is 0 Å². The normalized spacial score (nSPS) is 24.4. The molecule has 34 heavy (non-hydrogen) atoms. The zero-order chi connectivity index (χ0) is 23.4. The van der Waals surface area contributed by atoms with Crippen LogP contribution >= 0.6 is 22.9 Å². The number of pyridine rings is 1. The van der Waals surface area contributed by atoms with Crippen LogP contribution in [0, 0.1) is 6.92 Å². The summed E-state index contributed by atoms with van der Waals surface area (Å²) in [5.74, 6) is 0.670. The summed E-state index contributed by atoms with van der Waals surface area (Å²) < 4.78 is 7.69. The first kappa shape index (κ1) is 22.0. The van der Waals surface area contributed by atoms with Gasteiger partial charge in [-0.1, -0.05) is 11.6 Å². The predicted octanol–water partition coefficient (Wildman–Crippen LogP) is 5.24. The van der Waals surface area contributed by atoms with Gasteiger partial charge in [-0.05, 0) is 62.4 Å². The van der Waals surface area contributed by atoms with E-state index in [4.69, 9.17) is 16.3 Å². The molecule has 2 aromatic heterocycles. The number of fused-ring (bicyclic) bond motifs is 3. The molecule has 0 aliphatic carbocycles. The second-order valence-corrected chi connectivity index (χ2v) is 11.2. The van der Waals surface area contributed by atoms with Crippen LogP contribution in [0.1, 0.15) is 49.0 Å². The molecule has 3 saturated heterocycles. The highest BCUT2D eigenvalue weighted by molar-refractivity contribution is 7.19. The van der Waals surface area contributed by atoms with Crippen molar-refractivity contribution in [2.75, 3.05) is 0 Å². The van der Waals surface area contributed by atoms with Crippen LogP contribution in [-0.4, -0.2) is 39.9 Å². The van der Waals surface area contributed by atoms with Gasteiger partial charge in [0.1, 0.15) is 11.9 Å². The summed E-state index contributed by atoms with van der Waals surface area (Å²) in [5, 5.41) is 4.35. The number of piperidine rings is 1. The highest BCUT2D eigenvalue weighted by Crippen LogP contribution is 2.43. The highest BCUT2D eigenvalue weighted by atomic mass is 35.5. The van der Waals surface area contributed by atoms with E-state index < -0.39 is 0 Å². The molecule has 3 aromatic rings.